The van der Waals surface area contributed by atoms with Crippen LogP contribution in [0.3, 0.4) is 0 Å². The number of carbonyl (C=O) groups is 1. The first-order valence-electron chi connectivity index (χ1n) is 5.86. The van der Waals surface area contributed by atoms with E-state index in [9.17, 15) is 18.0 Å². The normalized spacial score (nSPS) is 14.3. The van der Waals surface area contributed by atoms with Gasteiger partial charge in [-0.1, -0.05) is 48.8 Å². The van der Waals surface area contributed by atoms with Crippen molar-refractivity contribution in [2.45, 2.75) is 38.2 Å². The highest BCUT2D eigenvalue weighted by Crippen LogP contribution is 2.30. The van der Waals surface area contributed by atoms with E-state index >= 15 is 0 Å². The van der Waals surface area contributed by atoms with E-state index in [-0.39, 0.29) is 10.6 Å². The summed E-state index contributed by atoms with van der Waals surface area (Å²) in [5.41, 5.74) is -0.447. The second-order valence-electron chi connectivity index (χ2n) is 5.48. The zero-order chi connectivity index (χ0) is 14.8. The lowest BCUT2D eigenvalue weighted by Gasteiger charge is -2.20. The number of halogens is 4. The van der Waals surface area contributed by atoms with Crippen LogP contribution in [0.2, 0.25) is 0 Å². The molecule has 0 saturated heterocycles. The van der Waals surface area contributed by atoms with Gasteiger partial charge in [-0.25, -0.2) is 0 Å². The topological polar surface area (TPSA) is 17.1 Å². The fraction of sp³-hybridized carbons (Fsp3) is 0.500. The predicted molar refractivity (Wildman–Crippen MR) is 72.3 cm³/mol. The Hall–Kier alpha value is -0.840. The molecule has 1 rings (SSSR count). The Morgan fingerprint density at radius 1 is 1.16 bits per heavy atom. The minimum absolute atomic E-state index is 0.0346. The molecule has 106 valence electrons. The third-order valence-electron chi connectivity index (χ3n) is 2.72. The lowest BCUT2D eigenvalue weighted by molar-refractivity contribution is -0.137. The monoisotopic (exact) mass is 336 g/mol. The van der Waals surface area contributed by atoms with Gasteiger partial charge < -0.3 is 0 Å². The largest absolute Gasteiger partial charge is 0.416 e. The summed E-state index contributed by atoms with van der Waals surface area (Å²) in [6.45, 7) is 5.45. The van der Waals surface area contributed by atoms with Crippen molar-refractivity contribution in [2.24, 2.45) is 5.41 Å². The van der Waals surface area contributed by atoms with Crippen molar-refractivity contribution < 1.29 is 18.0 Å². The fourth-order valence-corrected chi connectivity index (χ4v) is 2.66. The van der Waals surface area contributed by atoms with Gasteiger partial charge in [0.15, 0.2) is 5.78 Å². The zero-order valence-corrected chi connectivity index (χ0v) is 12.6. The molecule has 1 aromatic rings. The highest BCUT2D eigenvalue weighted by molar-refractivity contribution is 9.10. The van der Waals surface area contributed by atoms with Gasteiger partial charge in [0, 0.05) is 5.41 Å². The average molecular weight is 337 g/mol. The van der Waals surface area contributed by atoms with E-state index in [1.807, 2.05) is 20.8 Å². The Kier molecular flexibility index (Phi) is 4.82. The molecular formula is C14H16BrF3O. The molecule has 1 unspecified atom stereocenters. The number of hydrogen-bond acceptors (Lipinski definition) is 1. The van der Waals surface area contributed by atoms with Crippen LogP contribution in [0.25, 0.3) is 0 Å². The molecule has 0 aromatic heterocycles. The third-order valence-corrected chi connectivity index (χ3v) is 3.46. The Balaban J connectivity index is 2.77. The second kappa shape index (κ2) is 5.65. The van der Waals surface area contributed by atoms with Crippen molar-refractivity contribution in [3.8, 4) is 0 Å². The van der Waals surface area contributed by atoms with Crippen molar-refractivity contribution in [2.75, 3.05) is 0 Å². The molecule has 0 amide bonds. The van der Waals surface area contributed by atoms with Gasteiger partial charge in [0.05, 0.1) is 10.4 Å². The molecule has 1 aromatic carbocycles. The van der Waals surface area contributed by atoms with Crippen molar-refractivity contribution >= 4 is 21.7 Å². The molecule has 1 nitrogen and oxygen atoms in total. The summed E-state index contributed by atoms with van der Waals surface area (Å²) < 4.78 is 37.2. The van der Waals surface area contributed by atoms with E-state index < -0.39 is 17.2 Å². The second-order valence-corrected chi connectivity index (χ2v) is 6.59. The van der Waals surface area contributed by atoms with Crippen LogP contribution < -0.4 is 0 Å². The quantitative estimate of drug-likeness (QED) is 0.735. The van der Waals surface area contributed by atoms with Crippen molar-refractivity contribution in [3.63, 3.8) is 0 Å². The fourth-order valence-electron chi connectivity index (χ4n) is 1.60. The van der Waals surface area contributed by atoms with Gasteiger partial charge >= 0.3 is 6.18 Å². The van der Waals surface area contributed by atoms with E-state index in [2.05, 4.69) is 15.9 Å². The molecule has 0 saturated carbocycles. The van der Waals surface area contributed by atoms with Gasteiger partial charge in [-0.05, 0) is 24.1 Å². The molecule has 0 bridgehead atoms. The molecule has 0 aliphatic carbocycles. The molecule has 0 fully saturated rings. The van der Waals surface area contributed by atoms with Gasteiger partial charge in [0.25, 0.3) is 0 Å². The standard InChI is InChI=1S/C14H16BrF3O/c1-13(2,3)12(19)11(15)8-9-4-6-10(7-5-9)14(16,17)18/h4-7,11H,8H2,1-3H3. The first kappa shape index (κ1) is 16.2. The lowest BCUT2D eigenvalue weighted by atomic mass is 9.87. The smallest absolute Gasteiger partial charge is 0.298 e. The summed E-state index contributed by atoms with van der Waals surface area (Å²) in [5.74, 6) is 0.0346. The molecule has 19 heavy (non-hydrogen) atoms. The molecule has 1 atom stereocenters. The highest BCUT2D eigenvalue weighted by atomic mass is 79.9. The molecule has 0 aliphatic rings. The van der Waals surface area contributed by atoms with Crippen LogP contribution >= 0.6 is 15.9 Å². The maximum Gasteiger partial charge on any atom is 0.416 e. The molecule has 0 spiro atoms. The van der Waals surface area contributed by atoms with Crippen LogP contribution in [0.15, 0.2) is 24.3 Å². The average Bonchev–Trinajstić information content (AvgIpc) is 2.26. The van der Waals surface area contributed by atoms with Gasteiger partial charge in [-0.3, -0.25) is 4.79 Å². The van der Waals surface area contributed by atoms with Crippen LogP contribution in [-0.2, 0) is 17.4 Å². The Morgan fingerprint density at radius 3 is 2.00 bits per heavy atom. The van der Waals surface area contributed by atoms with E-state index in [0.29, 0.717) is 12.0 Å². The Morgan fingerprint density at radius 2 is 1.63 bits per heavy atom. The van der Waals surface area contributed by atoms with Crippen molar-refractivity contribution in [1.82, 2.24) is 0 Å². The summed E-state index contributed by atoms with van der Waals surface area (Å²) in [6.07, 6.45) is -3.94. The predicted octanol–water partition coefficient (Wildman–Crippen LogP) is 4.63. The number of alkyl halides is 4. The zero-order valence-electron chi connectivity index (χ0n) is 11.0. The van der Waals surface area contributed by atoms with Gasteiger partial charge in [-0.2, -0.15) is 13.2 Å². The van der Waals surface area contributed by atoms with Crippen molar-refractivity contribution in [3.05, 3.63) is 35.4 Å². The van der Waals surface area contributed by atoms with Crippen LogP contribution in [0.1, 0.15) is 31.9 Å². The maximum absolute atomic E-state index is 12.4. The van der Waals surface area contributed by atoms with Crippen LogP contribution in [0.4, 0.5) is 13.2 Å². The molecular weight excluding hydrogens is 321 g/mol. The number of ketones is 1. The first-order chi connectivity index (χ1) is 8.51. The summed E-state index contributed by atoms with van der Waals surface area (Å²) >= 11 is 3.30. The number of rotatable bonds is 3. The first-order valence-corrected chi connectivity index (χ1v) is 6.78. The van der Waals surface area contributed by atoms with E-state index in [0.717, 1.165) is 12.1 Å². The van der Waals surface area contributed by atoms with Crippen molar-refractivity contribution in [1.29, 1.82) is 0 Å². The summed E-state index contributed by atoms with van der Waals surface area (Å²) in [5, 5.41) is 0. The van der Waals surface area contributed by atoms with E-state index in [1.54, 1.807) is 0 Å². The lowest BCUT2D eigenvalue weighted by Crippen LogP contribution is -2.30. The van der Waals surface area contributed by atoms with E-state index in [4.69, 9.17) is 0 Å². The maximum atomic E-state index is 12.4. The molecule has 5 heteroatoms. The summed E-state index contributed by atoms with van der Waals surface area (Å²) in [7, 11) is 0. The molecule has 0 heterocycles. The molecule has 0 N–H and O–H groups in total. The van der Waals surface area contributed by atoms with Crippen LogP contribution in [-0.4, -0.2) is 10.6 Å². The Bertz CT molecular complexity index is 443. The number of hydrogen-bond donors (Lipinski definition) is 0. The number of benzene rings is 1. The van der Waals surface area contributed by atoms with Gasteiger partial charge in [-0.15, -0.1) is 0 Å². The minimum Gasteiger partial charge on any atom is -0.298 e. The molecule has 0 aliphatic heterocycles. The number of carbonyl (C=O) groups excluding carboxylic acids is 1. The highest BCUT2D eigenvalue weighted by Gasteiger charge is 2.31. The Labute approximate surface area is 119 Å². The number of Topliss-reactive ketones (excluding diaryl/α,β-unsaturated/α-hetero) is 1. The van der Waals surface area contributed by atoms with Gasteiger partial charge in [0.2, 0.25) is 0 Å². The van der Waals surface area contributed by atoms with Crippen LogP contribution in [0, 0.1) is 5.41 Å². The van der Waals surface area contributed by atoms with Gasteiger partial charge in [0.1, 0.15) is 0 Å². The van der Waals surface area contributed by atoms with Crippen LogP contribution in [0.5, 0.6) is 0 Å². The summed E-state index contributed by atoms with van der Waals surface area (Å²) in [4.78, 5) is 11.6. The third kappa shape index (κ3) is 4.64. The van der Waals surface area contributed by atoms with E-state index in [1.165, 1.54) is 12.1 Å². The minimum atomic E-state index is -4.33. The summed E-state index contributed by atoms with van der Waals surface area (Å²) in [6, 6.07) is 4.90. The molecule has 0 radical (unpaired) electrons. The SMILES string of the molecule is CC(C)(C)C(=O)C(Br)Cc1ccc(C(F)(F)F)cc1.